The van der Waals surface area contributed by atoms with Gasteiger partial charge in [0.25, 0.3) is 0 Å². The van der Waals surface area contributed by atoms with Gasteiger partial charge >= 0.3 is 0 Å². The van der Waals surface area contributed by atoms with Crippen molar-refractivity contribution < 1.29 is 0 Å². The topological polar surface area (TPSA) is 41.6 Å². The first-order chi connectivity index (χ1) is 10.3. The average Bonchev–Trinajstić information content (AvgIpc) is 2.96. The molecule has 0 radical (unpaired) electrons. The SMILES string of the molecule is C=CCc1cc(CC=C)c(Sc2nc[nH]n2)c(CC=C)c1. The van der Waals surface area contributed by atoms with Crippen LogP contribution in [0.1, 0.15) is 16.7 Å². The molecule has 0 saturated heterocycles. The van der Waals surface area contributed by atoms with Crippen molar-refractivity contribution >= 4 is 11.8 Å². The molecule has 3 nitrogen and oxygen atoms in total. The number of hydrogen-bond acceptors (Lipinski definition) is 3. The highest BCUT2D eigenvalue weighted by Gasteiger charge is 2.12. The Morgan fingerprint density at radius 1 is 1.00 bits per heavy atom. The predicted molar refractivity (Wildman–Crippen MR) is 88.7 cm³/mol. The quantitative estimate of drug-likeness (QED) is 0.744. The van der Waals surface area contributed by atoms with Crippen LogP contribution in [0.25, 0.3) is 0 Å². The van der Waals surface area contributed by atoms with Crippen LogP contribution in [0.2, 0.25) is 0 Å². The molecule has 0 amide bonds. The van der Waals surface area contributed by atoms with Crippen LogP contribution in [0.4, 0.5) is 0 Å². The van der Waals surface area contributed by atoms with Crippen LogP contribution in [-0.2, 0) is 19.3 Å². The molecule has 0 aliphatic carbocycles. The third-order valence-corrected chi connectivity index (χ3v) is 4.11. The molecule has 0 unspecified atom stereocenters. The molecule has 0 bridgehead atoms. The Morgan fingerprint density at radius 3 is 2.10 bits per heavy atom. The van der Waals surface area contributed by atoms with Crippen molar-refractivity contribution in [1.82, 2.24) is 15.2 Å². The Kier molecular flexibility index (Phi) is 5.58. The number of nitrogens with one attached hydrogen (secondary N) is 1. The van der Waals surface area contributed by atoms with E-state index in [1.54, 1.807) is 18.1 Å². The van der Waals surface area contributed by atoms with Gasteiger partial charge in [0.2, 0.25) is 5.16 Å². The smallest absolute Gasteiger partial charge is 0.212 e. The van der Waals surface area contributed by atoms with Gasteiger partial charge in [-0.05, 0) is 47.7 Å². The molecule has 4 heteroatoms. The van der Waals surface area contributed by atoms with Gasteiger partial charge in [0.05, 0.1) is 0 Å². The maximum absolute atomic E-state index is 4.20. The van der Waals surface area contributed by atoms with Crippen LogP contribution >= 0.6 is 11.8 Å². The summed E-state index contributed by atoms with van der Waals surface area (Å²) in [6, 6.07) is 4.43. The Bertz CT molecular complexity index is 598. The lowest BCUT2D eigenvalue weighted by atomic mass is 9.99. The molecule has 1 aromatic heterocycles. The number of nitrogens with zero attached hydrogens (tertiary/aromatic N) is 2. The van der Waals surface area contributed by atoms with Crippen molar-refractivity contribution in [2.75, 3.05) is 0 Å². The molecule has 1 N–H and O–H groups in total. The maximum atomic E-state index is 4.20. The lowest BCUT2D eigenvalue weighted by Crippen LogP contribution is -1.97. The van der Waals surface area contributed by atoms with Crippen LogP contribution < -0.4 is 0 Å². The van der Waals surface area contributed by atoms with Crippen molar-refractivity contribution in [3.8, 4) is 0 Å². The minimum atomic E-state index is 0.724. The van der Waals surface area contributed by atoms with E-state index >= 15 is 0 Å². The molecule has 1 aromatic carbocycles. The van der Waals surface area contributed by atoms with Gasteiger partial charge in [-0.15, -0.1) is 24.8 Å². The number of allylic oxidation sites excluding steroid dienone is 3. The molecule has 2 rings (SSSR count). The van der Waals surface area contributed by atoms with Crippen molar-refractivity contribution in [3.05, 3.63) is 73.1 Å². The highest BCUT2D eigenvalue weighted by Crippen LogP contribution is 2.33. The molecule has 0 aliphatic heterocycles. The summed E-state index contributed by atoms with van der Waals surface area (Å²) in [7, 11) is 0. The van der Waals surface area contributed by atoms with E-state index in [1.165, 1.54) is 21.6 Å². The lowest BCUT2D eigenvalue weighted by Gasteiger charge is -2.14. The minimum Gasteiger partial charge on any atom is -0.265 e. The molecule has 108 valence electrons. The predicted octanol–water partition coefficient (Wildman–Crippen LogP) is 4.14. The third-order valence-electron chi connectivity index (χ3n) is 3.00. The molecule has 0 fully saturated rings. The number of benzene rings is 1. The number of hydrogen-bond donors (Lipinski definition) is 1. The zero-order chi connectivity index (χ0) is 15.1. The van der Waals surface area contributed by atoms with E-state index in [9.17, 15) is 0 Å². The third kappa shape index (κ3) is 3.95. The molecule has 0 aliphatic rings. The van der Waals surface area contributed by atoms with E-state index in [0.29, 0.717) is 0 Å². The van der Waals surface area contributed by atoms with Gasteiger partial charge in [-0.3, -0.25) is 5.10 Å². The summed E-state index contributed by atoms with van der Waals surface area (Å²) in [4.78, 5) is 5.40. The Labute approximate surface area is 129 Å². The fraction of sp³-hybridized carbons (Fsp3) is 0.176. The summed E-state index contributed by atoms with van der Waals surface area (Å²) in [5.74, 6) is 0. The van der Waals surface area contributed by atoms with Gasteiger partial charge in [0, 0.05) is 4.90 Å². The summed E-state index contributed by atoms with van der Waals surface area (Å²) in [5, 5.41) is 7.61. The Morgan fingerprint density at radius 2 is 1.62 bits per heavy atom. The Balaban J connectivity index is 2.48. The molecule has 21 heavy (non-hydrogen) atoms. The minimum absolute atomic E-state index is 0.724. The molecule has 2 aromatic rings. The summed E-state index contributed by atoms with van der Waals surface area (Å²) >= 11 is 1.58. The number of aromatic nitrogens is 3. The van der Waals surface area contributed by atoms with E-state index in [1.807, 2.05) is 18.2 Å². The van der Waals surface area contributed by atoms with E-state index < -0.39 is 0 Å². The van der Waals surface area contributed by atoms with E-state index in [2.05, 4.69) is 47.1 Å². The number of aromatic amines is 1. The average molecular weight is 297 g/mol. The first-order valence-corrected chi connectivity index (χ1v) is 7.61. The van der Waals surface area contributed by atoms with Crippen molar-refractivity contribution in [1.29, 1.82) is 0 Å². The van der Waals surface area contributed by atoms with Gasteiger partial charge in [0.15, 0.2) is 0 Å². The standard InChI is InChI=1S/C17H19N3S/c1-4-7-13-10-14(8-5-2)16(15(11-13)9-6-3)21-17-18-12-19-20-17/h4-6,10-12H,1-3,7-9H2,(H,18,19,20). The Hall–Kier alpha value is -2.07. The second-order valence-electron chi connectivity index (χ2n) is 4.61. The normalized spacial score (nSPS) is 10.3. The van der Waals surface area contributed by atoms with E-state index in [0.717, 1.165) is 24.4 Å². The molecular weight excluding hydrogens is 278 g/mol. The van der Waals surface area contributed by atoms with Gasteiger partial charge in [0.1, 0.15) is 6.33 Å². The molecule has 0 atom stereocenters. The molecular formula is C17H19N3S. The van der Waals surface area contributed by atoms with E-state index in [-0.39, 0.29) is 0 Å². The van der Waals surface area contributed by atoms with Crippen LogP contribution in [0.15, 0.2) is 66.5 Å². The summed E-state index contributed by atoms with van der Waals surface area (Å²) < 4.78 is 0. The highest BCUT2D eigenvalue weighted by molar-refractivity contribution is 7.99. The zero-order valence-electron chi connectivity index (χ0n) is 12.0. The molecule has 1 heterocycles. The molecule has 0 spiro atoms. The van der Waals surface area contributed by atoms with Crippen molar-refractivity contribution in [2.24, 2.45) is 0 Å². The van der Waals surface area contributed by atoms with Crippen LogP contribution in [-0.4, -0.2) is 15.2 Å². The maximum Gasteiger partial charge on any atom is 0.212 e. The zero-order valence-corrected chi connectivity index (χ0v) is 12.8. The first-order valence-electron chi connectivity index (χ1n) is 6.79. The second-order valence-corrected chi connectivity index (χ2v) is 5.58. The summed E-state index contributed by atoms with van der Waals surface area (Å²) in [6.07, 6.45) is 9.87. The summed E-state index contributed by atoms with van der Waals surface area (Å²) in [6.45, 7) is 11.5. The summed E-state index contributed by atoms with van der Waals surface area (Å²) in [5.41, 5.74) is 3.75. The van der Waals surface area contributed by atoms with Crippen molar-refractivity contribution in [2.45, 2.75) is 29.3 Å². The lowest BCUT2D eigenvalue weighted by molar-refractivity contribution is 0.967. The largest absolute Gasteiger partial charge is 0.265 e. The fourth-order valence-corrected chi connectivity index (χ4v) is 3.13. The van der Waals surface area contributed by atoms with Gasteiger partial charge in [-0.1, -0.05) is 30.4 Å². The van der Waals surface area contributed by atoms with Crippen LogP contribution in [0, 0.1) is 0 Å². The van der Waals surface area contributed by atoms with Crippen LogP contribution in [0.5, 0.6) is 0 Å². The van der Waals surface area contributed by atoms with E-state index in [4.69, 9.17) is 0 Å². The van der Waals surface area contributed by atoms with Gasteiger partial charge in [-0.2, -0.15) is 0 Å². The highest BCUT2D eigenvalue weighted by atomic mass is 32.2. The molecule has 0 saturated carbocycles. The first kappa shape index (κ1) is 15.3. The van der Waals surface area contributed by atoms with Gasteiger partial charge in [-0.25, -0.2) is 4.98 Å². The van der Waals surface area contributed by atoms with Crippen LogP contribution in [0.3, 0.4) is 0 Å². The monoisotopic (exact) mass is 297 g/mol. The fourth-order valence-electron chi connectivity index (χ4n) is 2.19. The number of rotatable bonds is 8. The number of H-pyrrole nitrogens is 1. The van der Waals surface area contributed by atoms with Gasteiger partial charge < -0.3 is 0 Å². The second kappa shape index (κ2) is 7.64. The van der Waals surface area contributed by atoms with Crippen molar-refractivity contribution in [3.63, 3.8) is 0 Å².